The number of unbranched alkanes of at least 4 members (excludes halogenated alkanes) is 1. The lowest BCUT2D eigenvalue weighted by molar-refractivity contribution is -0.0195. The van der Waals surface area contributed by atoms with Crippen molar-refractivity contribution in [1.82, 2.24) is 5.32 Å². The summed E-state index contributed by atoms with van der Waals surface area (Å²) < 4.78 is 0. The van der Waals surface area contributed by atoms with Gasteiger partial charge < -0.3 is 5.32 Å². The Labute approximate surface area is 174 Å². The lowest BCUT2D eigenvalue weighted by atomic mass is 9.53. The molecular weight excluding hydrogens is 358 g/mol. The molecule has 148 valence electrons. The van der Waals surface area contributed by atoms with Gasteiger partial charge in [-0.05, 0) is 98.6 Å². The van der Waals surface area contributed by atoms with Gasteiger partial charge in [0.05, 0.1) is 0 Å². The second-order valence-electron chi connectivity index (χ2n) is 9.54. The summed E-state index contributed by atoms with van der Waals surface area (Å²) in [5.41, 5.74) is 3.23. The van der Waals surface area contributed by atoms with Gasteiger partial charge in [0.2, 0.25) is 0 Å². The predicted molar refractivity (Wildman–Crippen MR) is 121 cm³/mol. The Bertz CT molecular complexity index is 749. The molecule has 4 bridgehead atoms. The highest BCUT2D eigenvalue weighted by Gasteiger charge is 2.50. The molecule has 0 radical (unpaired) electrons. The van der Waals surface area contributed by atoms with E-state index in [1.165, 1.54) is 79.7 Å². The van der Waals surface area contributed by atoms with Crippen LogP contribution in [0.25, 0.3) is 11.1 Å². The molecule has 2 aromatic rings. The van der Waals surface area contributed by atoms with E-state index in [1.807, 2.05) is 11.8 Å². The summed E-state index contributed by atoms with van der Waals surface area (Å²) in [7, 11) is 0. The number of hydrogen-bond donors (Lipinski definition) is 1. The molecule has 1 N–H and O–H groups in total. The molecule has 0 heterocycles. The Balaban J connectivity index is 1.09. The van der Waals surface area contributed by atoms with Crippen LogP contribution in [0.1, 0.15) is 51.4 Å². The third kappa shape index (κ3) is 4.04. The van der Waals surface area contributed by atoms with Gasteiger partial charge >= 0.3 is 0 Å². The average Bonchev–Trinajstić information content (AvgIpc) is 2.70. The molecule has 2 aromatic carbocycles. The predicted octanol–water partition coefficient (Wildman–Crippen LogP) is 6.78. The number of benzene rings is 2. The van der Waals surface area contributed by atoms with Crippen LogP contribution in [-0.2, 0) is 0 Å². The second kappa shape index (κ2) is 8.24. The largest absolute Gasteiger partial charge is 0.311 e. The summed E-state index contributed by atoms with van der Waals surface area (Å²) >= 11 is 2.02. The van der Waals surface area contributed by atoms with Crippen molar-refractivity contribution >= 4 is 11.8 Å². The van der Waals surface area contributed by atoms with Crippen molar-refractivity contribution in [2.45, 2.75) is 61.8 Å². The summed E-state index contributed by atoms with van der Waals surface area (Å²) in [6.07, 6.45) is 11.6. The van der Waals surface area contributed by atoms with E-state index in [0.717, 1.165) is 17.8 Å². The molecule has 4 saturated carbocycles. The molecule has 0 aromatic heterocycles. The van der Waals surface area contributed by atoms with Gasteiger partial charge in [0.15, 0.2) is 0 Å². The fourth-order valence-electron chi connectivity index (χ4n) is 6.54. The minimum Gasteiger partial charge on any atom is -0.311 e. The molecule has 0 spiro atoms. The van der Waals surface area contributed by atoms with Crippen molar-refractivity contribution in [3.05, 3.63) is 54.6 Å². The molecule has 0 unspecified atom stereocenters. The van der Waals surface area contributed by atoms with Crippen LogP contribution in [0.2, 0.25) is 0 Å². The lowest BCUT2D eigenvalue weighted by Crippen LogP contribution is -2.58. The summed E-state index contributed by atoms with van der Waals surface area (Å²) in [5, 5.41) is 4.05. The Morgan fingerprint density at radius 1 is 0.786 bits per heavy atom. The standard InChI is InChI=1S/C26H33NS/c1-2-8-23(9-3-1)24-10-4-5-11-25(24)28-13-7-6-12-27-26-17-20-14-21(18-26)16-22(15-20)19-26/h1-5,8-11,20-22,27H,6-7,12-19H2. The number of rotatable bonds is 8. The molecule has 1 nitrogen and oxygen atoms in total. The first-order chi connectivity index (χ1) is 13.8. The van der Waals surface area contributed by atoms with Crippen LogP contribution in [0.3, 0.4) is 0 Å². The molecule has 4 fully saturated rings. The molecule has 2 heteroatoms. The normalized spacial score (nSPS) is 30.6. The quantitative estimate of drug-likeness (QED) is 0.393. The molecule has 4 aliphatic carbocycles. The fraction of sp³-hybridized carbons (Fsp3) is 0.538. The third-order valence-corrected chi connectivity index (χ3v) is 8.50. The van der Waals surface area contributed by atoms with Crippen molar-refractivity contribution in [2.75, 3.05) is 12.3 Å². The summed E-state index contributed by atoms with van der Waals surface area (Å²) in [4.78, 5) is 1.42. The van der Waals surface area contributed by atoms with Crippen LogP contribution < -0.4 is 5.32 Å². The molecule has 0 saturated heterocycles. The van der Waals surface area contributed by atoms with Gasteiger partial charge in [-0.1, -0.05) is 48.5 Å². The minimum absolute atomic E-state index is 0.530. The van der Waals surface area contributed by atoms with E-state index >= 15 is 0 Å². The van der Waals surface area contributed by atoms with E-state index in [9.17, 15) is 0 Å². The summed E-state index contributed by atoms with van der Waals surface area (Å²) in [6, 6.07) is 19.7. The number of nitrogens with one attached hydrogen (secondary N) is 1. The van der Waals surface area contributed by atoms with Crippen molar-refractivity contribution < 1.29 is 0 Å². The average molecular weight is 392 g/mol. The maximum Gasteiger partial charge on any atom is 0.0189 e. The van der Waals surface area contributed by atoms with Crippen LogP contribution in [0.4, 0.5) is 0 Å². The minimum atomic E-state index is 0.530. The molecule has 28 heavy (non-hydrogen) atoms. The van der Waals surface area contributed by atoms with Gasteiger partial charge in [-0.25, -0.2) is 0 Å². The Morgan fingerprint density at radius 2 is 1.43 bits per heavy atom. The van der Waals surface area contributed by atoms with Gasteiger partial charge in [-0.3, -0.25) is 0 Å². The van der Waals surface area contributed by atoms with Gasteiger partial charge in [0.25, 0.3) is 0 Å². The molecule has 4 aliphatic rings. The second-order valence-corrected chi connectivity index (χ2v) is 10.7. The highest BCUT2D eigenvalue weighted by atomic mass is 32.2. The fourth-order valence-corrected chi connectivity index (χ4v) is 7.62. The lowest BCUT2D eigenvalue weighted by Gasteiger charge is -2.57. The van der Waals surface area contributed by atoms with Gasteiger partial charge in [-0.2, -0.15) is 0 Å². The van der Waals surface area contributed by atoms with Crippen LogP contribution >= 0.6 is 11.8 Å². The number of hydrogen-bond acceptors (Lipinski definition) is 2. The highest BCUT2D eigenvalue weighted by Crippen LogP contribution is 2.55. The van der Waals surface area contributed by atoms with Crippen LogP contribution in [0.5, 0.6) is 0 Å². The van der Waals surface area contributed by atoms with Crippen LogP contribution in [0, 0.1) is 17.8 Å². The van der Waals surface area contributed by atoms with Crippen molar-refractivity contribution in [3.8, 4) is 11.1 Å². The topological polar surface area (TPSA) is 12.0 Å². The zero-order valence-corrected chi connectivity index (χ0v) is 17.7. The SMILES string of the molecule is c1ccc(-c2ccccc2SCCCCNC23CC4CC(CC(C4)C2)C3)cc1. The zero-order chi connectivity index (χ0) is 18.8. The molecule has 0 atom stereocenters. The Kier molecular flexibility index (Phi) is 5.52. The number of thioether (sulfide) groups is 1. The maximum absolute atomic E-state index is 4.05. The third-order valence-electron chi connectivity index (χ3n) is 7.34. The molecule has 0 amide bonds. The first-order valence-electron chi connectivity index (χ1n) is 11.3. The molecule has 6 rings (SSSR count). The maximum atomic E-state index is 4.05. The van der Waals surface area contributed by atoms with E-state index < -0.39 is 0 Å². The van der Waals surface area contributed by atoms with Crippen LogP contribution in [0.15, 0.2) is 59.5 Å². The Morgan fingerprint density at radius 3 is 2.14 bits per heavy atom. The summed E-state index contributed by atoms with van der Waals surface area (Å²) in [6.45, 7) is 1.22. The van der Waals surface area contributed by atoms with E-state index in [2.05, 4.69) is 59.9 Å². The van der Waals surface area contributed by atoms with Crippen LogP contribution in [-0.4, -0.2) is 17.8 Å². The molecular formula is C26H33NS. The van der Waals surface area contributed by atoms with E-state index in [-0.39, 0.29) is 0 Å². The zero-order valence-electron chi connectivity index (χ0n) is 16.9. The van der Waals surface area contributed by atoms with Gasteiger partial charge in [0.1, 0.15) is 0 Å². The van der Waals surface area contributed by atoms with E-state index in [1.54, 1.807) is 0 Å². The highest BCUT2D eigenvalue weighted by molar-refractivity contribution is 7.99. The van der Waals surface area contributed by atoms with Crippen molar-refractivity contribution in [3.63, 3.8) is 0 Å². The first-order valence-corrected chi connectivity index (χ1v) is 12.3. The van der Waals surface area contributed by atoms with Gasteiger partial charge in [0, 0.05) is 10.4 Å². The van der Waals surface area contributed by atoms with Crippen molar-refractivity contribution in [2.24, 2.45) is 17.8 Å². The van der Waals surface area contributed by atoms with E-state index in [4.69, 9.17) is 0 Å². The van der Waals surface area contributed by atoms with E-state index in [0.29, 0.717) is 5.54 Å². The van der Waals surface area contributed by atoms with Crippen molar-refractivity contribution in [1.29, 1.82) is 0 Å². The Hall–Kier alpha value is -1.25. The van der Waals surface area contributed by atoms with Gasteiger partial charge in [-0.15, -0.1) is 11.8 Å². The monoisotopic (exact) mass is 391 g/mol. The first kappa shape index (κ1) is 18.8. The molecule has 0 aliphatic heterocycles. The summed E-state index contributed by atoms with van der Waals surface area (Å²) in [5.74, 6) is 4.35. The smallest absolute Gasteiger partial charge is 0.0189 e.